The topological polar surface area (TPSA) is 74.6 Å². The van der Waals surface area contributed by atoms with Crippen LogP contribution in [0, 0.1) is 0 Å². The lowest BCUT2D eigenvalue weighted by molar-refractivity contribution is 0.106. The zero-order valence-corrected chi connectivity index (χ0v) is 15.9. The van der Waals surface area contributed by atoms with Gasteiger partial charge in [-0.2, -0.15) is 5.10 Å². The Hall–Kier alpha value is -4.25. The van der Waals surface area contributed by atoms with Crippen LogP contribution < -0.4 is 5.43 Å². The quantitative estimate of drug-likeness (QED) is 0.480. The fraction of sp³-hybridized carbons (Fsp3) is 0. The Morgan fingerprint density at radius 3 is 2.43 bits per heavy atom. The molecule has 30 heavy (non-hydrogen) atoms. The summed E-state index contributed by atoms with van der Waals surface area (Å²) in [5.41, 5.74) is 5.84. The van der Waals surface area contributed by atoms with E-state index in [2.05, 4.69) is 15.5 Å². The maximum atomic E-state index is 13.1. The average Bonchev–Trinajstić information content (AvgIpc) is 2.80. The first-order valence-electron chi connectivity index (χ1n) is 9.54. The number of fused-ring (bicyclic) bond motifs is 2. The highest BCUT2D eigenvalue weighted by Crippen LogP contribution is 2.39. The zero-order valence-electron chi connectivity index (χ0n) is 15.9. The number of hydrogen-bond acceptors (Lipinski definition) is 5. The van der Waals surface area contributed by atoms with Gasteiger partial charge < -0.3 is 5.11 Å². The Balaban J connectivity index is 1.72. The number of pyridine rings is 1. The van der Waals surface area contributed by atoms with Gasteiger partial charge in [-0.25, -0.2) is 4.98 Å². The first kappa shape index (κ1) is 17.8. The van der Waals surface area contributed by atoms with Gasteiger partial charge in [0, 0.05) is 17.3 Å². The molecule has 0 fully saturated rings. The van der Waals surface area contributed by atoms with Crippen molar-refractivity contribution in [2.24, 2.45) is 5.10 Å². The molecule has 144 valence electrons. The van der Waals surface area contributed by atoms with Crippen LogP contribution in [0.15, 0.2) is 96.2 Å². The standard InChI is InChI=1S/C25H17N3O2/c29-22-13-12-16-7-1-2-8-17(16)24(22)20-15-21(27-28-23-11-5-6-14-26-23)25(30)19-10-4-3-9-18(19)20/h1-15,29H,(H,26,28)/b27-21+. The third-order valence-corrected chi connectivity index (χ3v) is 5.11. The lowest BCUT2D eigenvalue weighted by atomic mass is 9.83. The van der Waals surface area contributed by atoms with E-state index in [0.29, 0.717) is 16.9 Å². The number of phenols is 1. The van der Waals surface area contributed by atoms with E-state index in [4.69, 9.17) is 0 Å². The minimum absolute atomic E-state index is 0.154. The Morgan fingerprint density at radius 1 is 0.833 bits per heavy atom. The monoisotopic (exact) mass is 391 g/mol. The number of benzene rings is 3. The second kappa shape index (κ2) is 7.29. The van der Waals surface area contributed by atoms with E-state index in [9.17, 15) is 9.90 Å². The van der Waals surface area contributed by atoms with Crippen molar-refractivity contribution in [3.63, 3.8) is 0 Å². The molecule has 2 N–H and O–H groups in total. The minimum atomic E-state index is -0.183. The second-order valence-electron chi connectivity index (χ2n) is 6.94. The number of aromatic hydroxyl groups is 1. The molecule has 1 aromatic heterocycles. The molecule has 0 aliphatic heterocycles. The molecule has 0 atom stereocenters. The fourth-order valence-electron chi connectivity index (χ4n) is 3.71. The van der Waals surface area contributed by atoms with Gasteiger partial charge in [0.25, 0.3) is 0 Å². The molecule has 0 radical (unpaired) electrons. The zero-order chi connectivity index (χ0) is 20.5. The largest absolute Gasteiger partial charge is 0.507 e. The molecule has 3 aromatic carbocycles. The van der Waals surface area contributed by atoms with Gasteiger partial charge in [0.05, 0.1) is 0 Å². The Morgan fingerprint density at radius 2 is 1.60 bits per heavy atom. The molecule has 1 aliphatic rings. The number of Topliss-reactive ketones (excluding diaryl/α,β-unsaturated/α-hetero) is 1. The van der Waals surface area contributed by atoms with Crippen molar-refractivity contribution >= 4 is 33.7 Å². The van der Waals surface area contributed by atoms with Crippen LogP contribution in [-0.2, 0) is 0 Å². The van der Waals surface area contributed by atoms with Crippen LogP contribution in [0.25, 0.3) is 16.3 Å². The van der Waals surface area contributed by atoms with Crippen molar-refractivity contribution in [2.45, 2.75) is 0 Å². The van der Waals surface area contributed by atoms with Gasteiger partial charge in [0.1, 0.15) is 17.3 Å². The van der Waals surface area contributed by atoms with Gasteiger partial charge in [-0.1, -0.05) is 60.7 Å². The molecular formula is C25H17N3O2. The number of anilines is 1. The second-order valence-corrected chi connectivity index (χ2v) is 6.94. The summed E-state index contributed by atoms with van der Waals surface area (Å²) in [6.07, 6.45) is 3.37. The number of allylic oxidation sites excluding steroid dienone is 1. The van der Waals surface area contributed by atoms with E-state index in [1.807, 2.05) is 60.7 Å². The number of phenolic OH excluding ortho intramolecular Hbond substituents is 1. The molecule has 0 saturated heterocycles. The van der Waals surface area contributed by atoms with Crippen molar-refractivity contribution in [3.8, 4) is 5.75 Å². The van der Waals surface area contributed by atoms with E-state index < -0.39 is 0 Å². The van der Waals surface area contributed by atoms with Crippen molar-refractivity contribution in [2.75, 3.05) is 5.43 Å². The lowest BCUT2D eigenvalue weighted by Crippen LogP contribution is -2.20. The maximum absolute atomic E-state index is 13.1. The number of hydrogen-bond donors (Lipinski definition) is 2. The van der Waals surface area contributed by atoms with Crippen molar-refractivity contribution in [1.82, 2.24) is 4.98 Å². The van der Waals surface area contributed by atoms with Crippen molar-refractivity contribution < 1.29 is 9.90 Å². The van der Waals surface area contributed by atoms with Gasteiger partial charge >= 0.3 is 0 Å². The molecule has 5 nitrogen and oxygen atoms in total. The number of aromatic nitrogens is 1. The maximum Gasteiger partial charge on any atom is 0.213 e. The highest BCUT2D eigenvalue weighted by Gasteiger charge is 2.27. The normalized spacial score (nSPS) is 14.5. The summed E-state index contributed by atoms with van der Waals surface area (Å²) in [7, 11) is 0. The first-order valence-corrected chi connectivity index (χ1v) is 9.54. The number of carbonyl (C=O) groups excluding carboxylic acids is 1. The molecule has 0 bridgehead atoms. The number of rotatable bonds is 3. The van der Waals surface area contributed by atoms with Crippen LogP contribution in [0.2, 0.25) is 0 Å². The molecule has 0 spiro atoms. The van der Waals surface area contributed by atoms with E-state index in [1.165, 1.54) is 0 Å². The van der Waals surface area contributed by atoms with Gasteiger partial charge in [-0.3, -0.25) is 10.2 Å². The van der Waals surface area contributed by atoms with E-state index in [-0.39, 0.29) is 17.2 Å². The highest BCUT2D eigenvalue weighted by molar-refractivity contribution is 6.53. The van der Waals surface area contributed by atoms with Gasteiger partial charge in [-0.15, -0.1) is 0 Å². The number of carbonyl (C=O) groups is 1. The Bertz CT molecular complexity index is 1340. The summed E-state index contributed by atoms with van der Waals surface area (Å²) in [4.78, 5) is 17.2. The van der Waals surface area contributed by atoms with Gasteiger partial charge in [0.2, 0.25) is 5.78 Å². The smallest absolute Gasteiger partial charge is 0.213 e. The number of hydrazone groups is 1. The number of ketones is 1. The van der Waals surface area contributed by atoms with E-state index >= 15 is 0 Å². The van der Waals surface area contributed by atoms with Crippen LogP contribution in [0.3, 0.4) is 0 Å². The summed E-state index contributed by atoms with van der Waals surface area (Å²) in [6, 6.07) is 24.2. The number of nitrogens with one attached hydrogen (secondary N) is 1. The molecular weight excluding hydrogens is 374 g/mol. The van der Waals surface area contributed by atoms with Gasteiger partial charge in [-0.05, 0) is 46.2 Å². The van der Waals surface area contributed by atoms with Crippen molar-refractivity contribution in [1.29, 1.82) is 0 Å². The Labute approximate surface area is 173 Å². The van der Waals surface area contributed by atoms with Crippen molar-refractivity contribution in [3.05, 3.63) is 108 Å². The van der Waals surface area contributed by atoms with E-state index in [1.54, 1.807) is 30.5 Å². The lowest BCUT2D eigenvalue weighted by Gasteiger charge is -2.20. The summed E-state index contributed by atoms with van der Waals surface area (Å²) in [5, 5.41) is 17.0. The molecule has 5 heteroatoms. The Kier molecular flexibility index (Phi) is 4.33. The summed E-state index contributed by atoms with van der Waals surface area (Å²) < 4.78 is 0. The van der Waals surface area contributed by atoms with Crippen LogP contribution in [0.5, 0.6) is 5.75 Å². The molecule has 5 rings (SSSR count). The minimum Gasteiger partial charge on any atom is -0.507 e. The van der Waals surface area contributed by atoms with Crippen LogP contribution in [0.4, 0.5) is 5.82 Å². The predicted octanol–water partition coefficient (Wildman–Crippen LogP) is 5.04. The third kappa shape index (κ3) is 3.02. The van der Waals surface area contributed by atoms with Crippen LogP contribution >= 0.6 is 0 Å². The summed E-state index contributed by atoms with van der Waals surface area (Å²) in [5.74, 6) is 0.512. The fourth-order valence-corrected chi connectivity index (χ4v) is 3.71. The van der Waals surface area contributed by atoms with E-state index in [0.717, 1.165) is 21.9 Å². The molecule has 1 heterocycles. The molecule has 0 unspecified atom stereocenters. The molecule has 0 amide bonds. The summed E-state index contributed by atoms with van der Waals surface area (Å²) in [6.45, 7) is 0. The van der Waals surface area contributed by atoms with Crippen LogP contribution in [0.1, 0.15) is 21.5 Å². The first-order chi connectivity index (χ1) is 14.7. The van der Waals surface area contributed by atoms with Crippen LogP contribution in [-0.4, -0.2) is 21.6 Å². The van der Waals surface area contributed by atoms with Gasteiger partial charge in [0.15, 0.2) is 0 Å². The predicted molar refractivity (Wildman–Crippen MR) is 119 cm³/mol. The average molecular weight is 391 g/mol. The molecule has 4 aromatic rings. The highest BCUT2D eigenvalue weighted by atomic mass is 16.3. The summed E-state index contributed by atoms with van der Waals surface area (Å²) >= 11 is 0. The molecule has 0 saturated carbocycles. The third-order valence-electron chi connectivity index (χ3n) is 5.11. The number of nitrogens with zero attached hydrogens (tertiary/aromatic N) is 2. The SMILES string of the molecule is O=C1/C(=N/Nc2ccccn2)C=C(c2c(O)ccc3ccccc23)c2ccccc21. The molecule has 1 aliphatic carbocycles.